The van der Waals surface area contributed by atoms with E-state index >= 15 is 0 Å². The van der Waals surface area contributed by atoms with E-state index in [1.54, 1.807) is 24.3 Å². The Labute approximate surface area is 169 Å². The summed E-state index contributed by atoms with van der Waals surface area (Å²) >= 11 is 6.13. The summed E-state index contributed by atoms with van der Waals surface area (Å²) in [5, 5.41) is 5.82. The molecule has 0 atom stereocenters. The minimum absolute atomic E-state index is 0.142. The highest BCUT2D eigenvalue weighted by molar-refractivity contribution is 6.31. The third kappa shape index (κ3) is 6.22. The van der Waals surface area contributed by atoms with Crippen LogP contribution in [-0.4, -0.2) is 32.0 Å². The molecule has 0 aromatic heterocycles. The van der Waals surface area contributed by atoms with Crippen LogP contribution in [0, 0.1) is 12.3 Å². The second-order valence-electron chi connectivity index (χ2n) is 5.73. The lowest BCUT2D eigenvalue weighted by Crippen LogP contribution is -2.30. The van der Waals surface area contributed by atoms with E-state index in [9.17, 15) is 9.59 Å². The molecule has 0 saturated carbocycles. The van der Waals surface area contributed by atoms with Crippen molar-refractivity contribution >= 4 is 23.4 Å². The molecule has 0 aliphatic rings. The summed E-state index contributed by atoms with van der Waals surface area (Å²) in [5.41, 5.74) is 1.24. The molecule has 28 heavy (non-hydrogen) atoms. The number of benzene rings is 2. The van der Waals surface area contributed by atoms with Crippen molar-refractivity contribution in [2.24, 2.45) is 0 Å². The van der Waals surface area contributed by atoms with Crippen LogP contribution in [0.25, 0.3) is 0 Å². The van der Waals surface area contributed by atoms with E-state index in [4.69, 9.17) is 27.5 Å². The molecule has 146 valence electrons. The third-order valence-electron chi connectivity index (χ3n) is 3.79. The number of rotatable bonds is 9. The second-order valence-corrected chi connectivity index (χ2v) is 6.14. The highest BCUT2D eigenvalue weighted by Gasteiger charge is 2.12. The van der Waals surface area contributed by atoms with Crippen LogP contribution in [0.5, 0.6) is 11.5 Å². The van der Waals surface area contributed by atoms with E-state index in [1.807, 2.05) is 18.2 Å². The summed E-state index contributed by atoms with van der Waals surface area (Å²) in [7, 11) is 1.50. The SMILES string of the molecule is C#CCNC(=O)CCNC(=O)c1ccc(OCc2ccccc2Cl)c(OC)c1. The molecule has 2 aromatic carbocycles. The van der Waals surface area contributed by atoms with Crippen LogP contribution in [-0.2, 0) is 11.4 Å². The fourth-order valence-corrected chi connectivity index (χ4v) is 2.52. The van der Waals surface area contributed by atoms with Crippen molar-refractivity contribution in [3.8, 4) is 23.8 Å². The average Bonchev–Trinajstić information content (AvgIpc) is 2.71. The lowest BCUT2D eigenvalue weighted by molar-refractivity contribution is -0.120. The average molecular weight is 401 g/mol. The molecule has 2 rings (SSSR count). The maximum atomic E-state index is 12.3. The number of hydrogen-bond donors (Lipinski definition) is 2. The van der Waals surface area contributed by atoms with Crippen molar-refractivity contribution in [1.82, 2.24) is 10.6 Å². The summed E-state index contributed by atoms with van der Waals surface area (Å²) < 4.78 is 11.1. The number of nitrogens with one attached hydrogen (secondary N) is 2. The highest BCUT2D eigenvalue weighted by Crippen LogP contribution is 2.29. The van der Waals surface area contributed by atoms with Gasteiger partial charge in [-0.05, 0) is 24.3 Å². The van der Waals surface area contributed by atoms with E-state index in [1.165, 1.54) is 7.11 Å². The van der Waals surface area contributed by atoms with Crippen molar-refractivity contribution in [2.75, 3.05) is 20.2 Å². The molecule has 0 unspecified atom stereocenters. The fourth-order valence-electron chi connectivity index (χ4n) is 2.33. The minimum atomic E-state index is -0.319. The number of hydrogen-bond acceptors (Lipinski definition) is 4. The van der Waals surface area contributed by atoms with Crippen molar-refractivity contribution in [1.29, 1.82) is 0 Å². The van der Waals surface area contributed by atoms with Gasteiger partial charge in [-0.25, -0.2) is 0 Å². The van der Waals surface area contributed by atoms with Gasteiger partial charge in [-0.15, -0.1) is 6.42 Å². The van der Waals surface area contributed by atoms with E-state index in [0.29, 0.717) is 22.1 Å². The molecule has 2 aromatic rings. The Morgan fingerprint density at radius 3 is 2.64 bits per heavy atom. The zero-order valence-electron chi connectivity index (χ0n) is 15.5. The van der Waals surface area contributed by atoms with Gasteiger partial charge in [-0.3, -0.25) is 9.59 Å². The maximum absolute atomic E-state index is 12.3. The smallest absolute Gasteiger partial charge is 0.251 e. The summed E-state index contributed by atoms with van der Waals surface area (Å²) in [6, 6.07) is 12.2. The van der Waals surface area contributed by atoms with Gasteiger partial charge in [0.15, 0.2) is 11.5 Å². The van der Waals surface area contributed by atoms with Crippen LogP contribution in [0.1, 0.15) is 22.3 Å². The second kappa shape index (κ2) is 10.9. The first-order chi connectivity index (χ1) is 13.5. The van der Waals surface area contributed by atoms with Gasteiger partial charge in [-0.2, -0.15) is 0 Å². The molecule has 2 N–H and O–H groups in total. The Bertz CT molecular complexity index is 877. The van der Waals surface area contributed by atoms with Gasteiger partial charge >= 0.3 is 0 Å². The Kier molecular flexibility index (Phi) is 8.19. The Balaban J connectivity index is 1.94. The van der Waals surface area contributed by atoms with Crippen LogP contribution in [0.15, 0.2) is 42.5 Å². The zero-order valence-corrected chi connectivity index (χ0v) is 16.2. The summed E-state index contributed by atoms with van der Waals surface area (Å²) in [6.45, 7) is 0.635. The highest BCUT2D eigenvalue weighted by atomic mass is 35.5. The maximum Gasteiger partial charge on any atom is 0.251 e. The van der Waals surface area contributed by atoms with Gasteiger partial charge in [0.25, 0.3) is 5.91 Å². The normalized spacial score (nSPS) is 9.89. The van der Waals surface area contributed by atoms with Crippen LogP contribution in [0.2, 0.25) is 5.02 Å². The molecule has 0 aliphatic carbocycles. The quantitative estimate of drug-likeness (QED) is 0.634. The molecule has 0 heterocycles. The molecule has 0 aliphatic heterocycles. The van der Waals surface area contributed by atoms with Crippen LogP contribution in [0.4, 0.5) is 0 Å². The largest absolute Gasteiger partial charge is 0.493 e. The summed E-state index contributed by atoms with van der Waals surface area (Å²) in [6.07, 6.45) is 5.21. The number of ether oxygens (including phenoxy) is 2. The number of carbonyl (C=O) groups excluding carboxylic acids is 2. The van der Waals surface area contributed by atoms with E-state index in [2.05, 4.69) is 16.6 Å². The lowest BCUT2D eigenvalue weighted by atomic mass is 10.2. The molecule has 7 heteroatoms. The third-order valence-corrected chi connectivity index (χ3v) is 4.16. The van der Waals surface area contributed by atoms with E-state index < -0.39 is 0 Å². The van der Waals surface area contributed by atoms with Gasteiger partial charge < -0.3 is 20.1 Å². The molecule has 6 nitrogen and oxygen atoms in total. The first-order valence-electron chi connectivity index (χ1n) is 8.57. The molecule has 0 saturated heterocycles. The minimum Gasteiger partial charge on any atom is -0.493 e. The molecule has 0 radical (unpaired) electrons. The monoisotopic (exact) mass is 400 g/mol. The van der Waals surface area contributed by atoms with Gasteiger partial charge in [0.2, 0.25) is 5.91 Å². The summed E-state index contributed by atoms with van der Waals surface area (Å²) in [5.74, 6) is 2.69. The molecule has 0 fully saturated rings. The van der Waals surface area contributed by atoms with Crippen molar-refractivity contribution in [3.63, 3.8) is 0 Å². The Hall–Kier alpha value is -3.17. The number of amides is 2. The van der Waals surface area contributed by atoms with Crippen molar-refractivity contribution in [3.05, 3.63) is 58.6 Å². The Morgan fingerprint density at radius 2 is 1.93 bits per heavy atom. The first kappa shape index (κ1) is 21.1. The lowest BCUT2D eigenvalue weighted by Gasteiger charge is -2.13. The van der Waals surface area contributed by atoms with Crippen LogP contribution < -0.4 is 20.1 Å². The number of methoxy groups -OCH3 is 1. The fraction of sp³-hybridized carbons (Fsp3) is 0.238. The molecule has 0 bridgehead atoms. The van der Waals surface area contributed by atoms with Crippen molar-refractivity contribution in [2.45, 2.75) is 13.0 Å². The van der Waals surface area contributed by atoms with E-state index in [0.717, 1.165) is 5.56 Å². The first-order valence-corrected chi connectivity index (χ1v) is 8.95. The summed E-state index contributed by atoms with van der Waals surface area (Å²) in [4.78, 5) is 23.7. The van der Waals surface area contributed by atoms with Crippen LogP contribution >= 0.6 is 11.6 Å². The predicted molar refractivity (Wildman–Crippen MR) is 108 cm³/mol. The molecule has 0 spiro atoms. The van der Waals surface area contributed by atoms with Gasteiger partial charge in [0.05, 0.1) is 13.7 Å². The number of halogens is 1. The van der Waals surface area contributed by atoms with Gasteiger partial charge in [0, 0.05) is 29.1 Å². The molecular formula is C21H21ClN2O4. The number of carbonyl (C=O) groups is 2. The Morgan fingerprint density at radius 1 is 1.14 bits per heavy atom. The van der Waals surface area contributed by atoms with Gasteiger partial charge in [-0.1, -0.05) is 35.7 Å². The number of terminal acetylenes is 1. The van der Waals surface area contributed by atoms with E-state index in [-0.39, 0.29) is 37.9 Å². The zero-order chi connectivity index (χ0) is 20.4. The standard InChI is InChI=1S/C21H21ClN2O4/c1-3-11-23-20(25)10-12-24-21(26)15-8-9-18(19(13-15)27-2)28-14-16-6-4-5-7-17(16)22/h1,4-9,13H,10-12,14H2,2H3,(H,23,25)(H,24,26). The molecule has 2 amide bonds. The van der Waals surface area contributed by atoms with Gasteiger partial charge in [0.1, 0.15) is 6.61 Å². The topological polar surface area (TPSA) is 76.7 Å². The molecular weight excluding hydrogens is 380 g/mol. The van der Waals surface area contributed by atoms with Crippen LogP contribution in [0.3, 0.4) is 0 Å². The predicted octanol–water partition coefficient (Wildman–Crippen LogP) is 2.80. The van der Waals surface area contributed by atoms with Crippen molar-refractivity contribution < 1.29 is 19.1 Å².